The van der Waals surface area contributed by atoms with Crippen LogP contribution in [0.25, 0.3) is 17.3 Å². The molecule has 3 aromatic heterocycles. The first kappa shape index (κ1) is 24.6. The van der Waals surface area contributed by atoms with Gasteiger partial charge in [0.1, 0.15) is 0 Å². The standard InChI is InChI=1S/C26H28N6O2S2/c1-16-13-32(25-28-8-6-19(30-25)10-23-24(33)31-26(34)36-23)14-17(2)21(16)12-27-11-20-4-3-5-22(29-20)18-7-9-35-15-18/h3-10,15-17,21,27H,11-14H2,1-2H3,(H,31,33,34)/b23-10-/t16-,17+,21?. The molecule has 2 N–H and O–H groups in total. The average Bonchev–Trinajstić information content (AvgIpc) is 3.51. The largest absolute Gasteiger partial charge is 0.340 e. The predicted octanol–water partition coefficient (Wildman–Crippen LogP) is 4.42. The van der Waals surface area contributed by atoms with Gasteiger partial charge in [0.05, 0.1) is 22.0 Å². The summed E-state index contributed by atoms with van der Waals surface area (Å²) < 4.78 is 0. The fraction of sp³-hybridized carbons (Fsp3) is 0.346. The molecule has 0 radical (unpaired) electrons. The Morgan fingerprint density at radius 3 is 2.69 bits per heavy atom. The lowest BCUT2D eigenvalue weighted by Crippen LogP contribution is -2.48. The number of amides is 2. The summed E-state index contributed by atoms with van der Waals surface area (Å²) in [5.74, 6) is 1.69. The Morgan fingerprint density at radius 1 is 1.14 bits per heavy atom. The molecular weight excluding hydrogens is 492 g/mol. The van der Waals surface area contributed by atoms with Crippen molar-refractivity contribution in [1.29, 1.82) is 0 Å². The maximum Gasteiger partial charge on any atom is 0.290 e. The third kappa shape index (κ3) is 5.66. The molecule has 0 bridgehead atoms. The molecule has 2 aliphatic rings. The van der Waals surface area contributed by atoms with E-state index in [0.717, 1.165) is 54.9 Å². The van der Waals surface area contributed by atoms with Gasteiger partial charge in [0, 0.05) is 36.8 Å². The number of nitrogens with zero attached hydrogens (tertiary/aromatic N) is 4. The minimum atomic E-state index is -0.380. The molecular formula is C26H28N6O2S2. The van der Waals surface area contributed by atoms with Gasteiger partial charge in [0.15, 0.2) is 0 Å². The van der Waals surface area contributed by atoms with E-state index >= 15 is 0 Å². The topological polar surface area (TPSA) is 100 Å². The lowest BCUT2D eigenvalue weighted by atomic mass is 9.79. The van der Waals surface area contributed by atoms with Gasteiger partial charge < -0.3 is 10.2 Å². The summed E-state index contributed by atoms with van der Waals surface area (Å²) in [7, 11) is 0. The van der Waals surface area contributed by atoms with Crippen molar-refractivity contribution >= 4 is 46.3 Å². The van der Waals surface area contributed by atoms with Crippen molar-refractivity contribution in [3.8, 4) is 11.3 Å². The van der Waals surface area contributed by atoms with Crippen LogP contribution in [-0.4, -0.2) is 45.7 Å². The van der Waals surface area contributed by atoms with Crippen LogP contribution in [0, 0.1) is 17.8 Å². The fourth-order valence-electron chi connectivity index (χ4n) is 4.83. The van der Waals surface area contributed by atoms with Gasteiger partial charge in [-0.05, 0) is 71.8 Å². The average molecular weight is 521 g/mol. The molecule has 0 aliphatic carbocycles. The fourth-order valence-corrected chi connectivity index (χ4v) is 6.15. The second kappa shape index (κ2) is 10.9. The first-order chi connectivity index (χ1) is 17.5. The van der Waals surface area contributed by atoms with E-state index in [-0.39, 0.29) is 11.1 Å². The third-order valence-electron chi connectivity index (χ3n) is 6.66. The molecule has 2 fully saturated rings. The van der Waals surface area contributed by atoms with Crippen LogP contribution >= 0.6 is 23.1 Å². The molecule has 3 aromatic rings. The number of imide groups is 1. The highest BCUT2D eigenvalue weighted by atomic mass is 32.2. The summed E-state index contributed by atoms with van der Waals surface area (Å²) in [5.41, 5.74) is 3.85. The van der Waals surface area contributed by atoms with Crippen LogP contribution in [0.5, 0.6) is 0 Å². The van der Waals surface area contributed by atoms with E-state index in [0.29, 0.717) is 34.3 Å². The molecule has 5 heterocycles. The number of thiophene rings is 1. The van der Waals surface area contributed by atoms with Crippen molar-refractivity contribution in [3.05, 3.63) is 63.6 Å². The number of thioether (sulfide) groups is 1. The Labute approximate surface area is 218 Å². The second-order valence-corrected chi connectivity index (χ2v) is 11.1. The first-order valence-corrected chi connectivity index (χ1v) is 13.7. The van der Waals surface area contributed by atoms with Gasteiger partial charge in [0.25, 0.3) is 11.1 Å². The summed E-state index contributed by atoms with van der Waals surface area (Å²) in [6, 6.07) is 10.0. The van der Waals surface area contributed by atoms with Crippen LogP contribution in [-0.2, 0) is 11.3 Å². The van der Waals surface area contributed by atoms with E-state index in [9.17, 15) is 9.59 Å². The maximum absolute atomic E-state index is 11.9. The monoisotopic (exact) mass is 520 g/mol. The van der Waals surface area contributed by atoms with Gasteiger partial charge in [-0.15, -0.1) is 0 Å². The summed E-state index contributed by atoms with van der Waals surface area (Å²) in [6.07, 6.45) is 3.34. The van der Waals surface area contributed by atoms with Crippen molar-refractivity contribution in [2.24, 2.45) is 17.8 Å². The SMILES string of the molecule is C[C@@H]1CN(c2nccc(/C=C3\SC(=O)NC3=O)n2)C[C@H](C)C1CNCc1cccc(-c2ccsc2)n1. The maximum atomic E-state index is 11.9. The zero-order valence-electron chi connectivity index (χ0n) is 20.2. The second-order valence-electron chi connectivity index (χ2n) is 9.31. The molecule has 186 valence electrons. The molecule has 36 heavy (non-hydrogen) atoms. The Morgan fingerprint density at radius 2 is 1.97 bits per heavy atom. The lowest BCUT2D eigenvalue weighted by Gasteiger charge is -2.41. The van der Waals surface area contributed by atoms with Gasteiger partial charge in [-0.3, -0.25) is 19.9 Å². The number of piperidine rings is 1. The van der Waals surface area contributed by atoms with Crippen LogP contribution < -0.4 is 15.5 Å². The van der Waals surface area contributed by atoms with Crippen molar-refractivity contribution in [2.45, 2.75) is 20.4 Å². The van der Waals surface area contributed by atoms with Crippen molar-refractivity contribution in [2.75, 3.05) is 24.5 Å². The summed E-state index contributed by atoms with van der Waals surface area (Å²) >= 11 is 2.58. The lowest BCUT2D eigenvalue weighted by molar-refractivity contribution is -0.115. The van der Waals surface area contributed by atoms with Crippen LogP contribution in [0.15, 0.2) is 52.2 Å². The van der Waals surface area contributed by atoms with E-state index < -0.39 is 0 Å². The minimum absolute atomic E-state index is 0.353. The van der Waals surface area contributed by atoms with E-state index in [1.165, 1.54) is 0 Å². The number of carbonyl (C=O) groups excluding carboxylic acids is 2. The van der Waals surface area contributed by atoms with Gasteiger partial charge in [-0.25, -0.2) is 9.97 Å². The number of pyridine rings is 1. The Balaban J connectivity index is 1.18. The van der Waals surface area contributed by atoms with Crippen molar-refractivity contribution in [1.82, 2.24) is 25.6 Å². The van der Waals surface area contributed by atoms with Crippen molar-refractivity contribution in [3.63, 3.8) is 0 Å². The number of aromatic nitrogens is 3. The first-order valence-electron chi connectivity index (χ1n) is 12.0. The summed E-state index contributed by atoms with van der Waals surface area (Å²) in [4.78, 5) is 39.8. The number of carbonyl (C=O) groups is 2. The zero-order chi connectivity index (χ0) is 25.1. The molecule has 10 heteroatoms. The van der Waals surface area contributed by atoms with Crippen LogP contribution in [0.4, 0.5) is 10.7 Å². The smallest absolute Gasteiger partial charge is 0.290 e. The normalized spacial score (nSPS) is 23.3. The molecule has 5 rings (SSSR count). The molecule has 2 amide bonds. The van der Waals surface area contributed by atoms with Crippen LogP contribution in [0.3, 0.4) is 0 Å². The van der Waals surface area contributed by atoms with Gasteiger partial charge in [-0.2, -0.15) is 11.3 Å². The third-order valence-corrected chi connectivity index (χ3v) is 8.15. The molecule has 0 aromatic carbocycles. The quantitative estimate of drug-likeness (QED) is 0.442. The number of hydrogen-bond donors (Lipinski definition) is 2. The minimum Gasteiger partial charge on any atom is -0.340 e. The highest BCUT2D eigenvalue weighted by Crippen LogP contribution is 2.30. The molecule has 0 saturated carbocycles. The van der Waals surface area contributed by atoms with Gasteiger partial charge >= 0.3 is 0 Å². The Kier molecular flexibility index (Phi) is 7.45. The summed E-state index contributed by atoms with van der Waals surface area (Å²) in [5, 5.41) is 9.74. The molecule has 0 spiro atoms. The van der Waals surface area contributed by atoms with Gasteiger partial charge in [0.2, 0.25) is 5.95 Å². The van der Waals surface area contributed by atoms with Crippen LogP contribution in [0.2, 0.25) is 0 Å². The number of nitrogens with one attached hydrogen (secondary N) is 2. The number of anilines is 1. The van der Waals surface area contributed by atoms with Gasteiger partial charge in [-0.1, -0.05) is 19.9 Å². The molecule has 2 saturated heterocycles. The highest BCUT2D eigenvalue weighted by Gasteiger charge is 2.33. The zero-order valence-corrected chi connectivity index (χ0v) is 21.8. The van der Waals surface area contributed by atoms with E-state index in [1.807, 2.05) is 0 Å². The van der Waals surface area contributed by atoms with Crippen molar-refractivity contribution < 1.29 is 9.59 Å². The van der Waals surface area contributed by atoms with E-state index in [2.05, 4.69) is 74.4 Å². The Hall–Kier alpha value is -3.08. The van der Waals surface area contributed by atoms with E-state index in [4.69, 9.17) is 4.98 Å². The number of hydrogen-bond acceptors (Lipinski definition) is 9. The summed E-state index contributed by atoms with van der Waals surface area (Å²) in [6.45, 7) is 7.94. The molecule has 1 unspecified atom stereocenters. The molecule has 8 nitrogen and oxygen atoms in total. The van der Waals surface area contributed by atoms with Crippen LogP contribution in [0.1, 0.15) is 25.2 Å². The molecule has 3 atom stereocenters. The van der Waals surface area contributed by atoms with E-state index in [1.54, 1.807) is 29.7 Å². The molecule has 2 aliphatic heterocycles. The predicted molar refractivity (Wildman–Crippen MR) is 144 cm³/mol. The number of rotatable bonds is 7. The highest BCUT2D eigenvalue weighted by molar-refractivity contribution is 8.18. The Bertz CT molecular complexity index is 1270.